The van der Waals surface area contributed by atoms with E-state index in [0.29, 0.717) is 16.4 Å². The summed E-state index contributed by atoms with van der Waals surface area (Å²) in [5.74, 6) is -2.02. The minimum atomic E-state index is -0.681. The van der Waals surface area contributed by atoms with Crippen LogP contribution in [-0.2, 0) is 9.47 Å². The number of carbonyl (C=O) groups is 3. The molecule has 0 bridgehead atoms. The Morgan fingerprint density at radius 1 is 0.931 bits per heavy atom. The lowest BCUT2D eigenvalue weighted by atomic mass is 10.1. The lowest BCUT2D eigenvalue weighted by molar-refractivity contribution is 0.0593. The van der Waals surface area contributed by atoms with Crippen LogP contribution in [-0.4, -0.2) is 42.1 Å². The Morgan fingerprint density at radius 3 is 2.14 bits per heavy atom. The first-order chi connectivity index (χ1) is 13.9. The molecular weight excluding hydrogens is 396 g/mol. The number of rotatable bonds is 5. The van der Waals surface area contributed by atoms with Gasteiger partial charge < -0.3 is 14.2 Å². The van der Waals surface area contributed by atoms with Crippen molar-refractivity contribution in [3.05, 3.63) is 64.3 Å². The summed E-state index contributed by atoms with van der Waals surface area (Å²) in [6.07, 6.45) is 1.64. The first kappa shape index (κ1) is 20.2. The molecule has 2 heterocycles. The highest BCUT2D eigenvalue weighted by Crippen LogP contribution is 2.28. The van der Waals surface area contributed by atoms with Crippen LogP contribution in [0.3, 0.4) is 0 Å². The second-order valence-corrected chi connectivity index (χ2v) is 6.77. The zero-order valence-electron chi connectivity index (χ0n) is 15.8. The molecule has 0 aliphatic heterocycles. The van der Waals surface area contributed by atoms with Crippen molar-refractivity contribution in [3.63, 3.8) is 0 Å². The number of nitrogens with zero attached hydrogens (tertiary/aromatic N) is 2. The molecule has 0 N–H and O–H groups in total. The highest BCUT2D eigenvalue weighted by atomic mass is 32.1. The van der Waals surface area contributed by atoms with Crippen LogP contribution in [0.2, 0.25) is 0 Å². The Balaban J connectivity index is 1.91. The van der Waals surface area contributed by atoms with Crippen LogP contribution in [0.4, 0.5) is 0 Å². The number of methoxy groups -OCH3 is 2. The van der Waals surface area contributed by atoms with E-state index >= 15 is 0 Å². The molecule has 2 aromatic heterocycles. The maximum absolute atomic E-state index is 12.7. The van der Waals surface area contributed by atoms with Gasteiger partial charge in [-0.25, -0.2) is 19.4 Å². The predicted octanol–water partition coefficient (Wildman–Crippen LogP) is 3.31. The van der Waals surface area contributed by atoms with Crippen molar-refractivity contribution in [1.82, 2.24) is 9.97 Å². The van der Waals surface area contributed by atoms with E-state index in [9.17, 15) is 14.4 Å². The number of pyridine rings is 1. The summed E-state index contributed by atoms with van der Waals surface area (Å²) in [7, 11) is 2.41. The fourth-order valence-corrected chi connectivity index (χ4v) is 3.39. The van der Waals surface area contributed by atoms with Crippen LogP contribution in [0.1, 0.15) is 36.1 Å². The average molecular weight is 412 g/mol. The fourth-order valence-electron chi connectivity index (χ4n) is 2.47. The SMILES string of the molecule is COC(=O)c1cc(OC(=O)c2sc(-c3ccccn3)nc2C)cc(C(=O)OC)c1. The van der Waals surface area contributed by atoms with E-state index in [2.05, 4.69) is 19.4 Å². The van der Waals surface area contributed by atoms with Crippen LogP contribution in [0.5, 0.6) is 5.75 Å². The zero-order chi connectivity index (χ0) is 21.0. The molecule has 0 aliphatic carbocycles. The smallest absolute Gasteiger partial charge is 0.355 e. The highest BCUT2D eigenvalue weighted by molar-refractivity contribution is 7.17. The summed E-state index contributed by atoms with van der Waals surface area (Å²) in [6, 6.07) is 9.32. The van der Waals surface area contributed by atoms with E-state index < -0.39 is 17.9 Å². The zero-order valence-corrected chi connectivity index (χ0v) is 16.6. The van der Waals surface area contributed by atoms with Gasteiger partial charge in [0.2, 0.25) is 0 Å². The summed E-state index contributed by atoms with van der Waals surface area (Å²) in [5, 5.41) is 0.577. The minimum absolute atomic E-state index is 0.00508. The van der Waals surface area contributed by atoms with Crippen molar-refractivity contribution in [1.29, 1.82) is 0 Å². The topological polar surface area (TPSA) is 105 Å². The van der Waals surface area contributed by atoms with E-state index in [1.165, 1.54) is 32.4 Å². The highest BCUT2D eigenvalue weighted by Gasteiger charge is 2.21. The Morgan fingerprint density at radius 2 is 1.59 bits per heavy atom. The van der Waals surface area contributed by atoms with Crippen LogP contribution in [0, 0.1) is 6.92 Å². The van der Waals surface area contributed by atoms with Gasteiger partial charge in [0.1, 0.15) is 15.6 Å². The first-order valence-corrected chi connectivity index (χ1v) is 9.17. The monoisotopic (exact) mass is 412 g/mol. The number of ether oxygens (including phenoxy) is 3. The molecule has 3 aromatic rings. The van der Waals surface area contributed by atoms with Gasteiger partial charge in [0.25, 0.3) is 0 Å². The van der Waals surface area contributed by atoms with E-state index in [-0.39, 0.29) is 21.8 Å². The molecule has 29 heavy (non-hydrogen) atoms. The summed E-state index contributed by atoms with van der Waals surface area (Å²) >= 11 is 1.14. The standard InChI is InChI=1S/C20H16N2O6S/c1-11-16(29-17(22-11)15-6-4-5-7-21-15)20(25)28-14-9-12(18(23)26-2)8-13(10-14)19(24)27-3/h4-10H,1-3H3. The second kappa shape index (κ2) is 8.61. The third kappa shape index (κ3) is 4.46. The molecule has 0 saturated heterocycles. The van der Waals surface area contributed by atoms with Crippen molar-refractivity contribution >= 4 is 29.2 Å². The van der Waals surface area contributed by atoms with Crippen molar-refractivity contribution in [2.75, 3.05) is 14.2 Å². The molecule has 0 unspecified atom stereocenters. The molecule has 0 saturated carbocycles. The van der Waals surface area contributed by atoms with Crippen molar-refractivity contribution in [2.24, 2.45) is 0 Å². The van der Waals surface area contributed by atoms with Gasteiger partial charge in [-0.15, -0.1) is 11.3 Å². The van der Waals surface area contributed by atoms with Crippen LogP contribution < -0.4 is 4.74 Å². The van der Waals surface area contributed by atoms with Crippen LogP contribution in [0.25, 0.3) is 10.7 Å². The summed E-state index contributed by atoms with van der Waals surface area (Å²) in [6.45, 7) is 1.68. The van der Waals surface area contributed by atoms with Crippen molar-refractivity contribution < 1.29 is 28.6 Å². The molecule has 148 valence electrons. The number of esters is 3. The molecule has 3 rings (SSSR count). The van der Waals surface area contributed by atoms with Gasteiger partial charge in [0.05, 0.1) is 36.7 Å². The van der Waals surface area contributed by atoms with Gasteiger partial charge in [0.15, 0.2) is 0 Å². The van der Waals surface area contributed by atoms with E-state index in [1.807, 2.05) is 6.07 Å². The Bertz CT molecular complexity index is 1040. The molecule has 0 spiro atoms. The third-order valence-electron chi connectivity index (χ3n) is 3.83. The normalized spacial score (nSPS) is 10.3. The Labute approximate surface area is 170 Å². The summed E-state index contributed by atoms with van der Waals surface area (Å²) < 4.78 is 14.7. The summed E-state index contributed by atoms with van der Waals surface area (Å²) in [4.78, 5) is 45.3. The van der Waals surface area contributed by atoms with Gasteiger partial charge in [-0.1, -0.05) is 6.07 Å². The minimum Gasteiger partial charge on any atom is -0.465 e. The number of hydrogen-bond acceptors (Lipinski definition) is 9. The Hall–Kier alpha value is -3.59. The van der Waals surface area contributed by atoms with E-state index in [1.54, 1.807) is 25.3 Å². The van der Waals surface area contributed by atoms with E-state index in [0.717, 1.165) is 11.3 Å². The van der Waals surface area contributed by atoms with Crippen LogP contribution in [0.15, 0.2) is 42.6 Å². The largest absolute Gasteiger partial charge is 0.465 e. The maximum Gasteiger partial charge on any atom is 0.355 e. The van der Waals surface area contributed by atoms with E-state index in [4.69, 9.17) is 4.74 Å². The molecule has 9 heteroatoms. The number of hydrogen-bond donors (Lipinski definition) is 0. The molecule has 0 fully saturated rings. The molecule has 8 nitrogen and oxygen atoms in total. The van der Waals surface area contributed by atoms with Gasteiger partial charge >= 0.3 is 17.9 Å². The number of carbonyl (C=O) groups excluding carboxylic acids is 3. The lowest BCUT2D eigenvalue weighted by Gasteiger charge is -2.08. The molecule has 0 amide bonds. The van der Waals surface area contributed by atoms with Gasteiger partial charge in [0, 0.05) is 6.20 Å². The maximum atomic E-state index is 12.7. The molecule has 0 atom stereocenters. The lowest BCUT2D eigenvalue weighted by Crippen LogP contribution is -2.11. The Kier molecular flexibility index (Phi) is 5.99. The van der Waals surface area contributed by atoms with Gasteiger partial charge in [-0.05, 0) is 37.3 Å². The van der Waals surface area contributed by atoms with Gasteiger partial charge in [-0.3, -0.25) is 4.98 Å². The summed E-state index contributed by atoms with van der Waals surface area (Å²) in [5.41, 5.74) is 1.22. The molecule has 1 aromatic carbocycles. The second-order valence-electron chi connectivity index (χ2n) is 5.77. The predicted molar refractivity (Wildman–Crippen MR) is 104 cm³/mol. The van der Waals surface area contributed by atoms with Crippen LogP contribution >= 0.6 is 11.3 Å². The third-order valence-corrected chi connectivity index (χ3v) is 4.99. The molecular formula is C20H16N2O6S. The first-order valence-electron chi connectivity index (χ1n) is 8.35. The number of benzene rings is 1. The average Bonchev–Trinajstić information content (AvgIpc) is 3.14. The van der Waals surface area contributed by atoms with Gasteiger partial charge in [-0.2, -0.15) is 0 Å². The quantitative estimate of drug-likeness (QED) is 0.464. The van der Waals surface area contributed by atoms with Crippen molar-refractivity contribution in [2.45, 2.75) is 6.92 Å². The molecule has 0 radical (unpaired) electrons. The number of aromatic nitrogens is 2. The molecule has 0 aliphatic rings. The number of thiazole rings is 1. The number of aryl methyl sites for hydroxylation is 1. The van der Waals surface area contributed by atoms with Crippen molar-refractivity contribution in [3.8, 4) is 16.5 Å². The fraction of sp³-hybridized carbons (Fsp3) is 0.150.